The van der Waals surface area contributed by atoms with Crippen molar-refractivity contribution in [3.63, 3.8) is 0 Å². The second-order valence-corrected chi connectivity index (χ2v) is 5.59. The molecule has 6 N–H and O–H groups in total. The number of carbonyl (C=O) groups is 2. The van der Waals surface area contributed by atoms with Gasteiger partial charge in [0, 0.05) is 19.2 Å². The van der Waals surface area contributed by atoms with Crippen LogP contribution in [0.25, 0.3) is 0 Å². The maximum Gasteiger partial charge on any atom is 0.305 e. The number of carboxylic acids is 1. The number of nitrogens with one attached hydrogen (secondary N) is 1. The number of aliphatic carboxylic acids is 1. The molecule has 2 rings (SSSR count). The van der Waals surface area contributed by atoms with Gasteiger partial charge in [-0.1, -0.05) is 35.5 Å². The summed E-state index contributed by atoms with van der Waals surface area (Å²) in [5.74, 6) is -1.36. The molecular formula is C16H22ClN7O3. The Bertz CT molecular complexity index is 775. The van der Waals surface area contributed by atoms with Crippen molar-refractivity contribution in [2.24, 2.45) is 16.5 Å². The summed E-state index contributed by atoms with van der Waals surface area (Å²) >= 11 is 0. The number of aliphatic imine (C=N–C) groups is 1. The minimum Gasteiger partial charge on any atom is -0.481 e. The van der Waals surface area contributed by atoms with Crippen molar-refractivity contribution < 1.29 is 14.7 Å². The van der Waals surface area contributed by atoms with Crippen molar-refractivity contribution in [3.8, 4) is 0 Å². The van der Waals surface area contributed by atoms with Gasteiger partial charge in [0.1, 0.15) is 6.54 Å². The molecule has 2 aromatic rings. The first kappa shape index (κ1) is 21.9. The van der Waals surface area contributed by atoms with Crippen LogP contribution in [-0.4, -0.2) is 44.5 Å². The van der Waals surface area contributed by atoms with Crippen molar-refractivity contribution in [1.29, 1.82) is 0 Å². The van der Waals surface area contributed by atoms with Crippen molar-refractivity contribution in [2.45, 2.75) is 25.4 Å². The Morgan fingerprint density at radius 2 is 1.96 bits per heavy atom. The van der Waals surface area contributed by atoms with Gasteiger partial charge in [0.25, 0.3) is 0 Å². The number of nitrogens with zero attached hydrogens (tertiary/aromatic N) is 4. The second-order valence-electron chi connectivity index (χ2n) is 5.59. The largest absolute Gasteiger partial charge is 0.481 e. The zero-order chi connectivity index (χ0) is 18.9. The molecule has 0 saturated heterocycles. The molecule has 1 aromatic heterocycles. The molecule has 1 aromatic carbocycles. The molecule has 0 fully saturated rings. The molecule has 0 spiro atoms. The lowest BCUT2D eigenvalue weighted by molar-refractivity contribution is -0.137. The summed E-state index contributed by atoms with van der Waals surface area (Å²) < 4.78 is 1.38. The highest BCUT2D eigenvalue weighted by molar-refractivity contribution is 5.85. The average Bonchev–Trinajstić information content (AvgIpc) is 3.01. The van der Waals surface area contributed by atoms with E-state index >= 15 is 0 Å². The molecule has 0 aliphatic carbocycles. The Morgan fingerprint density at radius 1 is 1.26 bits per heavy atom. The number of guanidine groups is 1. The van der Waals surface area contributed by atoms with Gasteiger partial charge in [-0.3, -0.25) is 14.6 Å². The van der Waals surface area contributed by atoms with E-state index in [1.807, 2.05) is 6.07 Å². The van der Waals surface area contributed by atoms with Crippen LogP contribution in [0.4, 0.5) is 0 Å². The molecule has 0 radical (unpaired) electrons. The molecule has 27 heavy (non-hydrogen) atoms. The quantitative estimate of drug-likeness (QED) is 0.339. The number of rotatable bonds is 9. The zero-order valence-electron chi connectivity index (χ0n) is 14.5. The topological polar surface area (TPSA) is 162 Å². The van der Waals surface area contributed by atoms with E-state index in [4.69, 9.17) is 16.6 Å². The van der Waals surface area contributed by atoms with Crippen LogP contribution in [0.1, 0.15) is 23.7 Å². The number of amides is 1. The molecule has 0 saturated carbocycles. The first-order valence-electron chi connectivity index (χ1n) is 7.94. The van der Waals surface area contributed by atoms with Gasteiger partial charge in [0.15, 0.2) is 5.96 Å². The number of nitrogens with two attached hydrogens (primary N) is 2. The molecule has 0 bridgehead atoms. The van der Waals surface area contributed by atoms with Crippen molar-refractivity contribution >= 4 is 30.2 Å². The third kappa shape index (κ3) is 7.74. The van der Waals surface area contributed by atoms with Crippen LogP contribution in [0.2, 0.25) is 0 Å². The third-order valence-electron chi connectivity index (χ3n) is 3.47. The lowest BCUT2D eigenvalue weighted by Crippen LogP contribution is -2.33. The summed E-state index contributed by atoms with van der Waals surface area (Å²) in [6, 6.07) is 8.32. The van der Waals surface area contributed by atoms with Crippen molar-refractivity contribution in [3.05, 3.63) is 47.8 Å². The lowest BCUT2D eigenvalue weighted by atomic mass is 10.0. The molecule has 0 aliphatic rings. The third-order valence-corrected chi connectivity index (χ3v) is 3.47. The monoisotopic (exact) mass is 395 g/mol. The van der Waals surface area contributed by atoms with Crippen LogP contribution < -0.4 is 16.8 Å². The van der Waals surface area contributed by atoms with E-state index in [1.165, 1.54) is 4.68 Å². The summed E-state index contributed by atoms with van der Waals surface area (Å²) in [6.45, 7) is 0.306. The van der Waals surface area contributed by atoms with Crippen molar-refractivity contribution in [2.75, 3.05) is 6.54 Å². The maximum absolute atomic E-state index is 12.2. The van der Waals surface area contributed by atoms with Gasteiger partial charge >= 0.3 is 5.97 Å². The standard InChI is InChI=1S/C16H21N7O3.ClH/c17-16(18)19-7-6-12-9-23(22-21-12)10-14(24)20-13(8-15(25)26)11-4-2-1-3-5-11;/h1-5,9,13H,6-8,10H2,(H,20,24)(H,25,26)(H4,17,18,19);1H/t13-;/m1./s1. The molecule has 0 unspecified atom stereocenters. The number of carboxylic acid groups (broad SMARTS) is 1. The van der Waals surface area contributed by atoms with E-state index in [0.29, 0.717) is 18.7 Å². The fourth-order valence-corrected chi connectivity index (χ4v) is 2.33. The van der Waals surface area contributed by atoms with E-state index < -0.39 is 12.0 Å². The summed E-state index contributed by atoms with van der Waals surface area (Å²) in [5, 5.41) is 19.6. The minimum atomic E-state index is -0.998. The van der Waals surface area contributed by atoms with E-state index in [2.05, 4.69) is 20.6 Å². The van der Waals surface area contributed by atoms with Gasteiger partial charge in [0.05, 0.1) is 18.2 Å². The van der Waals surface area contributed by atoms with Crippen molar-refractivity contribution in [1.82, 2.24) is 20.3 Å². The summed E-state index contributed by atoms with van der Waals surface area (Å²) in [5.41, 5.74) is 11.9. The molecule has 0 aliphatic heterocycles. The fourth-order valence-electron chi connectivity index (χ4n) is 2.33. The molecule has 10 nitrogen and oxygen atoms in total. The Labute approximate surface area is 162 Å². The van der Waals surface area contributed by atoms with Crippen LogP contribution in [-0.2, 0) is 22.6 Å². The molecule has 11 heteroatoms. The van der Waals surface area contributed by atoms with Gasteiger partial charge in [-0.25, -0.2) is 4.68 Å². The Kier molecular flexibility index (Phi) is 8.73. The summed E-state index contributed by atoms with van der Waals surface area (Å²) in [7, 11) is 0. The smallest absolute Gasteiger partial charge is 0.305 e. The number of carbonyl (C=O) groups excluding carboxylic acids is 1. The highest BCUT2D eigenvalue weighted by Crippen LogP contribution is 2.16. The summed E-state index contributed by atoms with van der Waals surface area (Å²) in [4.78, 5) is 27.2. The molecular weight excluding hydrogens is 374 g/mol. The number of hydrogen-bond donors (Lipinski definition) is 4. The van der Waals surface area contributed by atoms with Crippen LogP contribution in [0.5, 0.6) is 0 Å². The minimum absolute atomic E-state index is 0. The molecule has 1 amide bonds. The van der Waals surface area contributed by atoms with Gasteiger partial charge < -0.3 is 21.9 Å². The summed E-state index contributed by atoms with van der Waals surface area (Å²) in [6.07, 6.45) is 1.90. The first-order chi connectivity index (χ1) is 12.4. The first-order valence-corrected chi connectivity index (χ1v) is 7.94. The predicted molar refractivity (Wildman–Crippen MR) is 101 cm³/mol. The Balaban J connectivity index is 0.00000364. The van der Waals surface area contributed by atoms with E-state index in [1.54, 1.807) is 30.5 Å². The second kappa shape index (κ2) is 10.8. The van der Waals surface area contributed by atoms with Gasteiger partial charge in [-0.15, -0.1) is 17.5 Å². The fraction of sp³-hybridized carbons (Fsp3) is 0.312. The highest BCUT2D eigenvalue weighted by atomic mass is 35.5. The van der Waals surface area contributed by atoms with E-state index in [-0.39, 0.29) is 37.2 Å². The van der Waals surface area contributed by atoms with Gasteiger partial charge in [-0.2, -0.15) is 0 Å². The van der Waals surface area contributed by atoms with Gasteiger partial charge in [0.2, 0.25) is 5.91 Å². The van der Waals surface area contributed by atoms with Crippen LogP contribution >= 0.6 is 12.4 Å². The number of hydrogen-bond acceptors (Lipinski definition) is 5. The molecule has 1 heterocycles. The number of benzene rings is 1. The number of aromatic nitrogens is 3. The highest BCUT2D eigenvalue weighted by Gasteiger charge is 2.18. The molecule has 146 valence electrons. The van der Waals surface area contributed by atoms with Gasteiger partial charge in [-0.05, 0) is 5.56 Å². The van der Waals surface area contributed by atoms with Crippen LogP contribution in [0, 0.1) is 0 Å². The lowest BCUT2D eigenvalue weighted by Gasteiger charge is -2.17. The van der Waals surface area contributed by atoms with Crippen LogP contribution in [0.3, 0.4) is 0 Å². The van der Waals surface area contributed by atoms with E-state index in [9.17, 15) is 9.59 Å². The Morgan fingerprint density at radius 3 is 2.59 bits per heavy atom. The zero-order valence-corrected chi connectivity index (χ0v) is 15.3. The average molecular weight is 396 g/mol. The van der Waals surface area contributed by atoms with Crippen LogP contribution in [0.15, 0.2) is 41.5 Å². The normalized spacial score (nSPS) is 11.1. The molecule has 1 atom stereocenters. The predicted octanol–water partition coefficient (Wildman–Crippen LogP) is -0.152. The Hall–Kier alpha value is -3.14. The maximum atomic E-state index is 12.2. The van der Waals surface area contributed by atoms with E-state index in [0.717, 1.165) is 5.56 Å². The number of halogens is 1. The SMILES string of the molecule is Cl.NC(N)=NCCc1cn(CC(=O)N[C@H](CC(=O)O)c2ccccc2)nn1.